The molecule has 0 aliphatic carbocycles. The first-order valence-electron chi connectivity index (χ1n) is 5.29. The molecule has 0 amide bonds. The average molecular weight is 246 g/mol. The SMILES string of the molecule is COC(=O)c1cnc(-c2cccc(F)c2)nc1C. The normalized spacial score (nSPS) is 10.2. The standard InChI is InChI=1S/C13H11FN2O2/c1-8-11(13(17)18-2)7-15-12(16-8)9-4-3-5-10(14)6-9/h3-7H,1-2H3. The number of aromatic nitrogens is 2. The van der Waals surface area contributed by atoms with Crippen molar-refractivity contribution in [3.05, 3.63) is 47.5 Å². The summed E-state index contributed by atoms with van der Waals surface area (Å²) < 4.78 is 17.7. The van der Waals surface area contributed by atoms with E-state index >= 15 is 0 Å². The van der Waals surface area contributed by atoms with E-state index in [0.717, 1.165) is 0 Å². The van der Waals surface area contributed by atoms with E-state index < -0.39 is 5.97 Å². The van der Waals surface area contributed by atoms with Gasteiger partial charge in [0, 0.05) is 11.8 Å². The molecule has 0 unspecified atom stereocenters. The van der Waals surface area contributed by atoms with Gasteiger partial charge in [0.2, 0.25) is 0 Å². The van der Waals surface area contributed by atoms with Gasteiger partial charge in [0.15, 0.2) is 5.82 Å². The molecule has 0 fully saturated rings. The maximum atomic E-state index is 13.1. The summed E-state index contributed by atoms with van der Waals surface area (Å²) in [4.78, 5) is 19.6. The molecular weight excluding hydrogens is 235 g/mol. The Morgan fingerprint density at radius 1 is 1.39 bits per heavy atom. The van der Waals surface area contributed by atoms with Gasteiger partial charge in [0.05, 0.1) is 18.4 Å². The van der Waals surface area contributed by atoms with E-state index in [-0.39, 0.29) is 5.82 Å². The Morgan fingerprint density at radius 3 is 2.78 bits per heavy atom. The molecule has 0 atom stereocenters. The second-order valence-electron chi connectivity index (χ2n) is 3.69. The van der Waals surface area contributed by atoms with Gasteiger partial charge in [-0.15, -0.1) is 0 Å². The van der Waals surface area contributed by atoms with Crippen molar-refractivity contribution in [3.63, 3.8) is 0 Å². The molecule has 2 aromatic rings. The summed E-state index contributed by atoms with van der Waals surface area (Å²) in [6, 6.07) is 5.97. The molecule has 18 heavy (non-hydrogen) atoms. The number of aryl methyl sites for hydroxylation is 1. The van der Waals surface area contributed by atoms with E-state index in [1.54, 1.807) is 19.1 Å². The Morgan fingerprint density at radius 2 is 2.17 bits per heavy atom. The second-order valence-corrected chi connectivity index (χ2v) is 3.69. The molecule has 5 heteroatoms. The van der Waals surface area contributed by atoms with Crippen molar-refractivity contribution in [2.24, 2.45) is 0 Å². The Balaban J connectivity index is 2.43. The number of carbonyl (C=O) groups excluding carboxylic acids is 1. The first kappa shape index (κ1) is 12.2. The van der Waals surface area contributed by atoms with Crippen LogP contribution >= 0.6 is 0 Å². The quantitative estimate of drug-likeness (QED) is 0.763. The molecule has 0 aliphatic rings. The highest BCUT2D eigenvalue weighted by Gasteiger charge is 2.12. The molecular formula is C13H11FN2O2. The van der Waals surface area contributed by atoms with Crippen molar-refractivity contribution in [1.29, 1.82) is 0 Å². The van der Waals surface area contributed by atoms with Crippen LogP contribution in [0.4, 0.5) is 4.39 Å². The third-order valence-electron chi connectivity index (χ3n) is 2.47. The van der Waals surface area contributed by atoms with Crippen LogP contribution in [-0.2, 0) is 4.74 Å². The predicted molar refractivity (Wildman–Crippen MR) is 63.5 cm³/mol. The molecule has 0 bridgehead atoms. The Labute approximate surface area is 103 Å². The molecule has 1 aromatic heterocycles. The molecule has 0 spiro atoms. The number of benzene rings is 1. The van der Waals surface area contributed by atoms with Gasteiger partial charge >= 0.3 is 5.97 Å². The number of esters is 1. The minimum absolute atomic E-state index is 0.303. The molecule has 1 heterocycles. The molecule has 0 saturated carbocycles. The van der Waals surface area contributed by atoms with Crippen molar-refractivity contribution in [2.45, 2.75) is 6.92 Å². The number of rotatable bonds is 2. The largest absolute Gasteiger partial charge is 0.465 e. The Bertz CT molecular complexity index is 599. The third-order valence-corrected chi connectivity index (χ3v) is 2.47. The lowest BCUT2D eigenvalue weighted by molar-refractivity contribution is 0.0599. The van der Waals surface area contributed by atoms with Gasteiger partial charge in [-0.05, 0) is 19.1 Å². The number of halogens is 1. The van der Waals surface area contributed by atoms with Crippen molar-refractivity contribution in [2.75, 3.05) is 7.11 Å². The highest BCUT2D eigenvalue weighted by molar-refractivity contribution is 5.90. The summed E-state index contributed by atoms with van der Waals surface area (Å²) in [5.74, 6) is -0.469. The van der Waals surface area contributed by atoms with E-state index in [1.165, 1.54) is 25.4 Å². The van der Waals surface area contributed by atoms with Gasteiger partial charge in [-0.25, -0.2) is 19.2 Å². The summed E-state index contributed by atoms with van der Waals surface area (Å²) in [5, 5.41) is 0. The van der Waals surface area contributed by atoms with Crippen LogP contribution < -0.4 is 0 Å². The van der Waals surface area contributed by atoms with Crippen LogP contribution in [0.25, 0.3) is 11.4 Å². The van der Waals surface area contributed by atoms with Gasteiger partial charge in [-0.3, -0.25) is 0 Å². The van der Waals surface area contributed by atoms with E-state index in [9.17, 15) is 9.18 Å². The number of ether oxygens (including phenoxy) is 1. The van der Waals surface area contributed by atoms with Gasteiger partial charge in [0.25, 0.3) is 0 Å². The summed E-state index contributed by atoms with van der Waals surface area (Å²) in [6.45, 7) is 1.68. The van der Waals surface area contributed by atoms with Crippen LogP contribution in [-0.4, -0.2) is 23.0 Å². The van der Waals surface area contributed by atoms with Gasteiger partial charge < -0.3 is 4.74 Å². The smallest absolute Gasteiger partial charge is 0.341 e. The van der Waals surface area contributed by atoms with Crippen molar-refractivity contribution < 1.29 is 13.9 Å². The van der Waals surface area contributed by atoms with Crippen molar-refractivity contribution in [1.82, 2.24) is 9.97 Å². The summed E-state index contributed by atoms with van der Waals surface area (Å²) in [5.41, 5.74) is 1.36. The Hall–Kier alpha value is -2.30. The van der Waals surface area contributed by atoms with E-state index in [1.807, 2.05) is 0 Å². The van der Waals surface area contributed by atoms with E-state index in [4.69, 9.17) is 0 Å². The zero-order valence-electron chi connectivity index (χ0n) is 9.98. The third kappa shape index (κ3) is 2.34. The molecule has 4 nitrogen and oxygen atoms in total. The number of hydrogen-bond donors (Lipinski definition) is 0. The first-order valence-corrected chi connectivity index (χ1v) is 5.29. The predicted octanol–water partition coefficient (Wildman–Crippen LogP) is 2.38. The highest BCUT2D eigenvalue weighted by atomic mass is 19.1. The van der Waals surface area contributed by atoms with Gasteiger partial charge in [0.1, 0.15) is 5.82 Å². The molecule has 2 rings (SSSR count). The first-order chi connectivity index (χ1) is 8.61. The van der Waals surface area contributed by atoms with Crippen LogP contribution in [0.3, 0.4) is 0 Å². The summed E-state index contributed by atoms with van der Waals surface area (Å²) in [6.07, 6.45) is 1.38. The molecule has 92 valence electrons. The van der Waals surface area contributed by atoms with Crippen LogP contribution in [0, 0.1) is 12.7 Å². The van der Waals surface area contributed by atoms with Crippen LogP contribution in [0.15, 0.2) is 30.5 Å². The minimum Gasteiger partial charge on any atom is -0.465 e. The lowest BCUT2D eigenvalue weighted by atomic mass is 10.2. The zero-order valence-corrected chi connectivity index (χ0v) is 9.98. The number of methoxy groups -OCH3 is 1. The fourth-order valence-electron chi connectivity index (χ4n) is 1.54. The Kier molecular flexibility index (Phi) is 3.32. The lowest BCUT2D eigenvalue weighted by Gasteiger charge is -2.05. The molecule has 0 aliphatic heterocycles. The van der Waals surface area contributed by atoms with Crippen LogP contribution in [0.1, 0.15) is 16.1 Å². The highest BCUT2D eigenvalue weighted by Crippen LogP contribution is 2.17. The fraction of sp³-hybridized carbons (Fsp3) is 0.154. The monoisotopic (exact) mass is 246 g/mol. The fourth-order valence-corrected chi connectivity index (χ4v) is 1.54. The number of hydrogen-bond acceptors (Lipinski definition) is 4. The number of carbonyl (C=O) groups is 1. The molecule has 0 radical (unpaired) electrons. The van der Waals surface area contributed by atoms with Gasteiger partial charge in [-0.1, -0.05) is 12.1 Å². The number of nitrogens with zero attached hydrogens (tertiary/aromatic N) is 2. The summed E-state index contributed by atoms with van der Waals surface area (Å²) >= 11 is 0. The molecule has 0 saturated heterocycles. The maximum Gasteiger partial charge on any atom is 0.341 e. The van der Waals surface area contributed by atoms with E-state index in [2.05, 4.69) is 14.7 Å². The second kappa shape index (κ2) is 4.91. The molecule has 0 N–H and O–H groups in total. The van der Waals surface area contributed by atoms with E-state index in [0.29, 0.717) is 22.6 Å². The van der Waals surface area contributed by atoms with Crippen LogP contribution in [0.2, 0.25) is 0 Å². The maximum absolute atomic E-state index is 13.1. The topological polar surface area (TPSA) is 52.1 Å². The van der Waals surface area contributed by atoms with Crippen molar-refractivity contribution in [3.8, 4) is 11.4 Å². The van der Waals surface area contributed by atoms with Gasteiger partial charge in [-0.2, -0.15) is 0 Å². The van der Waals surface area contributed by atoms with Crippen LogP contribution in [0.5, 0.6) is 0 Å². The lowest BCUT2D eigenvalue weighted by Crippen LogP contribution is -2.07. The minimum atomic E-state index is -0.488. The zero-order chi connectivity index (χ0) is 13.1. The summed E-state index contributed by atoms with van der Waals surface area (Å²) in [7, 11) is 1.29. The van der Waals surface area contributed by atoms with Crippen molar-refractivity contribution >= 4 is 5.97 Å². The molecule has 1 aromatic carbocycles. The average Bonchev–Trinajstić information content (AvgIpc) is 2.37.